The van der Waals surface area contributed by atoms with Crippen molar-refractivity contribution in [2.45, 2.75) is 66.0 Å². The second-order valence-corrected chi connectivity index (χ2v) is 5.54. The highest BCUT2D eigenvalue weighted by molar-refractivity contribution is 5.84. The quantitative estimate of drug-likeness (QED) is 0.754. The fraction of sp³-hybridized carbons (Fsp3) is 0.846. The minimum absolute atomic E-state index is 0.0993. The van der Waals surface area contributed by atoms with E-state index in [4.69, 9.17) is 4.74 Å². The third-order valence-electron chi connectivity index (χ3n) is 2.37. The molecule has 0 heterocycles. The van der Waals surface area contributed by atoms with Gasteiger partial charge < -0.3 is 10.1 Å². The molecule has 17 heavy (non-hydrogen) atoms. The normalized spacial score (nSPS) is 14.9. The minimum atomic E-state index is -0.592. The molecule has 100 valence electrons. The van der Waals surface area contributed by atoms with Crippen LogP contribution in [-0.4, -0.2) is 23.5 Å². The molecule has 0 aromatic carbocycles. The highest BCUT2D eigenvalue weighted by Crippen LogP contribution is 2.09. The first-order valence-corrected chi connectivity index (χ1v) is 6.18. The van der Waals surface area contributed by atoms with Gasteiger partial charge in [0.25, 0.3) is 0 Å². The summed E-state index contributed by atoms with van der Waals surface area (Å²) in [4.78, 5) is 23.2. The van der Waals surface area contributed by atoms with E-state index < -0.39 is 17.6 Å². The SMILES string of the molecule is CCC(C)CC(=O)N[C@@H](C)C(=O)OC(C)(C)C. The second-order valence-electron chi connectivity index (χ2n) is 5.54. The predicted molar refractivity (Wildman–Crippen MR) is 67.5 cm³/mol. The summed E-state index contributed by atoms with van der Waals surface area (Å²) in [5.74, 6) is -0.159. The van der Waals surface area contributed by atoms with E-state index in [-0.39, 0.29) is 5.91 Å². The van der Waals surface area contributed by atoms with Crippen molar-refractivity contribution in [3.63, 3.8) is 0 Å². The Kier molecular flexibility index (Phi) is 6.21. The average Bonchev–Trinajstić information content (AvgIpc) is 2.14. The lowest BCUT2D eigenvalue weighted by Crippen LogP contribution is -2.42. The van der Waals surface area contributed by atoms with Crippen LogP contribution >= 0.6 is 0 Å². The maximum Gasteiger partial charge on any atom is 0.328 e. The van der Waals surface area contributed by atoms with Gasteiger partial charge in [0.1, 0.15) is 11.6 Å². The molecule has 1 unspecified atom stereocenters. The molecule has 0 saturated heterocycles. The van der Waals surface area contributed by atoms with Crippen LogP contribution in [0.4, 0.5) is 0 Å². The summed E-state index contributed by atoms with van der Waals surface area (Å²) in [6.45, 7) is 11.1. The average molecular weight is 243 g/mol. The van der Waals surface area contributed by atoms with E-state index in [0.29, 0.717) is 12.3 Å². The number of amides is 1. The molecular formula is C13H25NO3. The fourth-order valence-corrected chi connectivity index (χ4v) is 1.21. The highest BCUT2D eigenvalue weighted by atomic mass is 16.6. The van der Waals surface area contributed by atoms with Crippen LogP contribution in [-0.2, 0) is 14.3 Å². The fourth-order valence-electron chi connectivity index (χ4n) is 1.21. The number of carbonyl (C=O) groups excluding carboxylic acids is 2. The number of hydrogen-bond donors (Lipinski definition) is 1. The highest BCUT2D eigenvalue weighted by Gasteiger charge is 2.23. The maximum atomic E-state index is 11.6. The molecule has 0 aliphatic rings. The van der Waals surface area contributed by atoms with Crippen LogP contribution in [0.3, 0.4) is 0 Å². The summed E-state index contributed by atoms with van der Waals surface area (Å²) >= 11 is 0. The first-order valence-electron chi connectivity index (χ1n) is 6.18. The number of rotatable bonds is 5. The van der Waals surface area contributed by atoms with Gasteiger partial charge in [0, 0.05) is 6.42 Å². The minimum Gasteiger partial charge on any atom is -0.458 e. The molecule has 0 radical (unpaired) electrons. The van der Waals surface area contributed by atoms with Crippen LogP contribution in [0, 0.1) is 5.92 Å². The zero-order valence-corrected chi connectivity index (χ0v) is 11.8. The van der Waals surface area contributed by atoms with Crippen LogP contribution in [0.25, 0.3) is 0 Å². The second kappa shape index (κ2) is 6.62. The third-order valence-corrected chi connectivity index (χ3v) is 2.37. The lowest BCUT2D eigenvalue weighted by molar-refractivity contribution is -0.158. The molecule has 4 heteroatoms. The summed E-state index contributed by atoms with van der Waals surface area (Å²) in [7, 11) is 0. The van der Waals surface area contributed by atoms with Gasteiger partial charge in [0.15, 0.2) is 0 Å². The van der Waals surface area contributed by atoms with Gasteiger partial charge in [-0.15, -0.1) is 0 Å². The Morgan fingerprint density at radius 3 is 2.18 bits per heavy atom. The van der Waals surface area contributed by atoms with Crippen LogP contribution in [0.2, 0.25) is 0 Å². The van der Waals surface area contributed by atoms with Crippen molar-refractivity contribution in [1.82, 2.24) is 5.32 Å². The lowest BCUT2D eigenvalue weighted by atomic mass is 10.0. The van der Waals surface area contributed by atoms with Gasteiger partial charge in [-0.25, -0.2) is 4.79 Å². The summed E-state index contributed by atoms with van der Waals surface area (Å²) < 4.78 is 5.18. The van der Waals surface area contributed by atoms with E-state index in [2.05, 4.69) is 5.32 Å². The van der Waals surface area contributed by atoms with Crippen LogP contribution in [0.1, 0.15) is 54.4 Å². The van der Waals surface area contributed by atoms with E-state index in [9.17, 15) is 9.59 Å². The topological polar surface area (TPSA) is 55.4 Å². The predicted octanol–water partition coefficient (Wildman–Crippen LogP) is 2.27. The zero-order valence-electron chi connectivity index (χ0n) is 11.8. The van der Waals surface area contributed by atoms with Gasteiger partial charge in [-0.3, -0.25) is 4.79 Å². The molecule has 0 aromatic rings. The monoisotopic (exact) mass is 243 g/mol. The van der Waals surface area contributed by atoms with Gasteiger partial charge in [0.2, 0.25) is 5.91 Å². The largest absolute Gasteiger partial charge is 0.458 e. The summed E-state index contributed by atoms with van der Waals surface area (Å²) in [5, 5.41) is 2.65. The van der Waals surface area contributed by atoms with Crippen molar-refractivity contribution in [3.8, 4) is 0 Å². The van der Waals surface area contributed by atoms with Crippen molar-refractivity contribution >= 4 is 11.9 Å². The van der Waals surface area contributed by atoms with Crippen LogP contribution < -0.4 is 5.32 Å². The standard InChI is InChI=1S/C13H25NO3/c1-7-9(2)8-11(15)14-10(3)12(16)17-13(4,5)6/h9-10H,7-8H2,1-6H3,(H,14,15)/t9?,10-/m0/s1. The molecule has 1 amide bonds. The molecule has 0 spiro atoms. The van der Waals surface area contributed by atoms with Crippen molar-refractivity contribution in [2.75, 3.05) is 0 Å². The number of hydrogen-bond acceptors (Lipinski definition) is 3. The number of carbonyl (C=O) groups is 2. The zero-order chi connectivity index (χ0) is 13.6. The summed E-state index contributed by atoms with van der Waals surface area (Å²) in [6.07, 6.45) is 1.40. The van der Waals surface area contributed by atoms with E-state index in [0.717, 1.165) is 6.42 Å². The third kappa shape index (κ3) is 7.77. The maximum absolute atomic E-state index is 11.6. The Bertz CT molecular complexity index is 268. The van der Waals surface area contributed by atoms with E-state index in [1.165, 1.54) is 0 Å². The molecule has 0 bridgehead atoms. The lowest BCUT2D eigenvalue weighted by Gasteiger charge is -2.23. The Hall–Kier alpha value is -1.06. The molecule has 0 aliphatic heterocycles. The first-order chi connectivity index (χ1) is 7.65. The molecule has 4 nitrogen and oxygen atoms in total. The van der Waals surface area contributed by atoms with Crippen molar-refractivity contribution in [3.05, 3.63) is 0 Å². The van der Waals surface area contributed by atoms with Crippen molar-refractivity contribution in [1.29, 1.82) is 0 Å². The molecule has 2 atom stereocenters. The number of esters is 1. The molecule has 0 aliphatic carbocycles. The van der Waals surface area contributed by atoms with Crippen LogP contribution in [0.15, 0.2) is 0 Å². The van der Waals surface area contributed by atoms with E-state index in [1.54, 1.807) is 27.7 Å². The van der Waals surface area contributed by atoms with Gasteiger partial charge in [-0.05, 0) is 33.6 Å². The van der Waals surface area contributed by atoms with Gasteiger partial charge >= 0.3 is 5.97 Å². The Morgan fingerprint density at radius 1 is 1.24 bits per heavy atom. The molecule has 0 fully saturated rings. The number of ether oxygens (including phenoxy) is 1. The Labute approximate surface area is 104 Å². The molecular weight excluding hydrogens is 218 g/mol. The first kappa shape index (κ1) is 15.9. The van der Waals surface area contributed by atoms with Gasteiger partial charge in [0.05, 0.1) is 0 Å². The molecule has 0 aromatic heterocycles. The van der Waals surface area contributed by atoms with Crippen LogP contribution in [0.5, 0.6) is 0 Å². The van der Waals surface area contributed by atoms with Gasteiger partial charge in [-0.2, -0.15) is 0 Å². The Morgan fingerprint density at radius 2 is 1.76 bits per heavy atom. The molecule has 0 rings (SSSR count). The van der Waals surface area contributed by atoms with Gasteiger partial charge in [-0.1, -0.05) is 20.3 Å². The Balaban J connectivity index is 4.12. The molecule has 1 N–H and O–H groups in total. The van der Waals surface area contributed by atoms with E-state index >= 15 is 0 Å². The summed E-state index contributed by atoms with van der Waals surface area (Å²) in [5.41, 5.74) is -0.521. The molecule has 0 saturated carbocycles. The van der Waals surface area contributed by atoms with Crippen molar-refractivity contribution < 1.29 is 14.3 Å². The summed E-state index contributed by atoms with van der Waals surface area (Å²) in [6, 6.07) is -0.592. The smallest absolute Gasteiger partial charge is 0.328 e. The van der Waals surface area contributed by atoms with E-state index in [1.807, 2.05) is 13.8 Å². The number of nitrogens with one attached hydrogen (secondary N) is 1. The van der Waals surface area contributed by atoms with Crippen molar-refractivity contribution in [2.24, 2.45) is 5.92 Å².